The first-order valence-electron chi connectivity index (χ1n) is 9.36. The molecule has 0 aromatic heterocycles. The van der Waals surface area contributed by atoms with Crippen molar-refractivity contribution in [3.05, 3.63) is 59.2 Å². The zero-order chi connectivity index (χ0) is 19.6. The van der Waals surface area contributed by atoms with Gasteiger partial charge in [0.25, 0.3) is 5.91 Å². The Morgan fingerprint density at radius 3 is 2.48 bits per heavy atom. The molecule has 0 bridgehead atoms. The summed E-state index contributed by atoms with van der Waals surface area (Å²) in [6.07, 6.45) is 1.53. The van der Waals surface area contributed by atoms with E-state index in [0.29, 0.717) is 23.7 Å². The summed E-state index contributed by atoms with van der Waals surface area (Å²) >= 11 is 0. The third-order valence-electron chi connectivity index (χ3n) is 4.95. The smallest absolute Gasteiger partial charge is 0.255 e. The number of carbonyl (C=O) groups is 1. The number of hydrogen-bond acceptors (Lipinski definition) is 3. The second-order valence-electron chi connectivity index (χ2n) is 7.15. The van der Waals surface area contributed by atoms with Gasteiger partial charge in [-0.15, -0.1) is 0 Å². The minimum Gasteiger partial charge on any atom is -0.322 e. The molecule has 144 valence electrons. The largest absolute Gasteiger partial charge is 0.322 e. The average Bonchev–Trinajstić information content (AvgIpc) is 2.67. The van der Waals surface area contributed by atoms with E-state index in [0.717, 1.165) is 24.1 Å². The minimum absolute atomic E-state index is 0.0705. The number of aryl methyl sites for hydroxylation is 1. The van der Waals surface area contributed by atoms with Gasteiger partial charge in [0, 0.05) is 17.8 Å². The second kappa shape index (κ2) is 7.72. The Hall–Kier alpha value is -2.34. The summed E-state index contributed by atoms with van der Waals surface area (Å²) in [7, 11) is -3.29. The quantitative estimate of drug-likeness (QED) is 0.839. The van der Waals surface area contributed by atoms with Gasteiger partial charge in [0.1, 0.15) is 0 Å². The van der Waals surface area contributed by atoms with Gasteiger partial charge in [0.05, 0.1) is 11.4 Å². The van der Waals surface area contributed by atoms with Gasteiger partial charge in [0.15, 0.2) is 0 Å². The Morgan fingerprint density at radius 2 is 1.85 bits per heavy atom. The fourth-order valence-electron chi connectivity index (χ4n) is 3.30. The van der Waals surface area contributed by atoms with Crippen molar-refractivity contribution >= 4 is 27.3 Å². The van der Waals surface area contributed by atoms with Gasteiger partial charge >= 0.3 is 0 Å². The fraction of sp³-hybridized carbons (Fsp3) is 0.381. The van der Waals surface area contributed by atoms with Crippen LogP contribution >= 0.6 is 0 Å². The second-order valence-corrected chi connectivity index (χ2v) is 9.33. The summed E-state index contributed by atoms with van der Waals surface area (Å²) in [5.41, 5.74) is 4.11. The van der Waals surface area contributed by atoms with E-state index in [-0.39, 0.29) is 11.7 Å². The summed E-state index contributed by atoms with van der Waals surface area (Å²) in [4.78, 5) is 12.6. The van der Waals surface area contributed by atoms with Crippen molar-refractivity contribution in [3.63, 3.8) is 0 Å². The molecule has 0 saturated carbocycles. The molecule has 0 unspecified atom stereocenters. The van der Waals surface area contributed by atoms with Crippen molar-refractivity contribution < 1.29 is 13.2 Å². The lowest BCUT2D eigenvalue weighted by Gasteiger charge is -2.30. The number of hydrogen-bond donors (Lipinski definition) is 1. The van der Waals surface area contributed by atoms with E-state index in [9.17, 15) is 13.2 Å². The van der Waals surface area contributed by atoms with Gasteiger partial charge in [-0.25, -0.2) is 8.42 Å². The van der Waals surface area contributed by atoms with Crippen LogP contribution in [0, 0.1) is 0 Å². The Balaban J connectivity index is 1.81. The zero-order valence-electron chi connectivity index (χ0n) is 16.0. The number of anilines is 2. The van der Waals surface area contributed by atoms with Crippen molar-refractivity contribution in [3.8, 4) is 0 Å². The Kier molecular flexibility index (Phi) is 5.56. The molecule has 27 heavy (non-hydrogen) atoms. The van der Waals surface area contributed by atoms with E-state index >= 15 is 0 Å². The van der Waals surface area contributed by atoms with Gasteiger partial charge in [-0.2, -0.15) is 0 Å². The van der Waals surface area contributed by atoms with Crippen LogP contribution < -0.4 is 9.62 Å². The minimum atomic E-state index is -3.29. The molecule has 2 aromatic rings. The van der Waals surface area contributed by atoms with Gasteiger partial charge in [-0.05, 0) is 67.1 Å². The molecule has 0 aliphatic carbocycles. The highest BCUT2D eigenvalue weighted by atomic mass is 32.2. The molecule has 3 rings (SSSR count). The van der Waals surface area contributed by atoms with E-state index < -0.39 is 10.0 Å². The maximum atomic E-state index is 12.6. The van der Waals surface area contributed by atoms with Crippen LogP contribution in [0.2, 0.25) is 0 Å². The first-order valence-corrected chi connectivity index (χ1v) is 11.0. The third-order valence-corrected chi connectivity index (χ3v) is 6.73. The highest BCUT2D eigenvalue weighted by Crippen LogP contribution is 2.30. The molecule has 0 atom stereocenters. The molecular formula is C21H26N2O3S. The predicted molar refractivity (Wildman–Crippen MR) is 110 cm³/mol. The number of rotatable bonds is 5. The van der Waals surface area contributed by atoms with Gasteiger partial charge < -0.3 is 5.32 Å². The molecule has 1 aliphatic rings. The summed E-state index contributed by atoms with van der Waals surface area (Å²) < 4.78 is 26.1. The maximum absolute atomic E-state index is 12.6. The third kappa shape index (κ3) is 4.16. The van der Waals surface area contributed by atoms with Crippen LogP contribution in [-0.2, 0) is 16.4 Å². The maximum Gasteiger partial charge on any atom is 0.255 e. The lowest BCUT2D eigenvalue weighted by Crippen LogP contribution is -2.36. The summed E-state index contributed by atoms with van der Waals surface area (Å²) in [6.45, 7) is 6.40. The number of amides is 1. The molecule has 1 N–H and O–H groups in total. The number of sulfonamides is 1. The van der Waals surface area contributed by atoms with Gasteiger partial charge in [-0.1, -0.05) is 26.0 Å². The molecule has 1 aliphatic heterocycles. The molecule has 0 radical (unpaired) electrons. The van der Waals surface area contributed by atoms with Crippen molar-refractivity contribution in [2.24, 2.45) is 0 Å². The molecule has 1 heterocycles. The first kappa shape index (κ1) is 19.4. The molecule has 6 heteroatoms. The van der Waals surface area contributed by atoms with Crippen LogP contribution in [0.1, 0.15) is 54.6 Å². The van der Waals surface area contributed by atoms with E-state index in [4.69, 9.17) is 0 Å². The highest BCUT2D eigenvalue weighted by Gasteiger charge is 2.26. The number of benzene rings is 2. The number of nitrogens with one attached hydrogen (secondary N) is 1. The Bertz CT molecular complexity index is 934. The summed E-state index contributed by atoms with van der Waals surface area (Å²) in [5.74, 6) is 0.324. The van der Waals surface area contributed by atoms with Gasteiger partial charge in [-0.3, -0.25) is 9.10 Å². The molecular weight excluding hydrogens is 360 g/mol. The Morgan fingerprint density at radius 1 is 1.15 bits per heavy atom. The monoisotopic (exact) mass is 386 g/mol. The summed E-state index contributed by atoms with van der Waals surface area (Å²) in [6, 6.07) is 13.1. The van der Waals surface area contributed by atoms with Crippen LogP contribution in [0.3, 0.4) is 0 Å². The van der Waals surface area contributed by atoms with E-state index in [2.05, 4.69) is 19.2 Å². The van der Waals surface area contributed by atoms with Crippen molar-refractivity contribution in [1.29, 1.82) is 0 Å². The Labute approximate surface area is 161 Å². The van der Waals surface area contributed by atoms with Crippen LogP contribution in [0.15, 0.2) is 42.5 Å². The van der Waals surface area contributed by atoms with Crippen LogP contribution in [0.5, 0.6) is 0 Å². The van der Waals surface area contributed by atoms with Crippen LogP contribution in [0.25, 0.3) is 0 Å². The fourth-order valence-corrected chi connectivity index (χ4v) is 4.50. The lowest BCUT2D eigenvalue weighted by molar-refractivity contribution is 0.102. The van der Waals surface area contributed by atoms with Crippen LogP contribution in [0.4, 0.5) is 11.4 Å². The molecule has 0 fully saturated rings. The SMILES string of the molecule is CCS(=O)(=O)N1CCCc2cc(C(=O)Nc3ccc(C(C)C)cc3)ccc21. The van der Waals surface area contributed by atoms with Gasteiger partial charge in [0.2, 0.25) is 10.0 Å². The lowest BCUT2D eigenvalue weighted by atomic mass is 10.0. The van der Waals surface area contributed by atoms with Crippen LogP contribution in [-0.4, -0.2) is 26.6 Å². The zero-order valence-corrected chi connectivity index (χ0v) is 16.8. The number of nitrogens with zero attached hydrogens (tertiary/aromatic N) is 1. The van der Waals surface area contributed by atoms with E-state index in [1.165, 1.54) is 9.87 Å². The van der Waals surface area contributed by atoms with Crippen molar-refractivity contribution in [2.45, 2.75) is 39.5 Å². The summed E-state index contributed by atoms with van der Waals surface area (Å²) in [5, 5.41) is 2.91. The molecule has 0 saturated heterocycles. The van der Waals surface area contributed by atoms with Crippen molar-refractivity contribution in [1.82, 2.24) is 0 Å². The average molecular weight is 387 g/mol. The standard InChI is InChI=1S/C21H26N2O3S/c1-4-27(25,26)23-13-5-6-17-14-18(9-12-20(17)23)21(24)22-19-10-7-16(8-11-19)15(2)3/h7-12,14-15H,4-6,13H2,1-3H3,(H,22,24). The number of carbonyl (C=O) groups excluding carboxylic acids is 1. The van der Waals surface area contributed by atoms with Crippen molar-refractivity contribution in [2.75, 3.05) is 21.9 Å². The normalized spacial score (nSPS) is 14.1. The predicted octanol–water partition coefficient (Wildman–Crippen LogP) is 4.16. The van der Waals surface area contributed by atoms with E-state index in [1.807, 2.05) is 30.3 Å². The molecule has 5 nitrogen and oxygen atoms in total. The molecule has 1 amide bonds. The topological polar surface area (TPSA) is 66.5 Å². The highest BCUT2D eigenvalue weighted by molar-refractivity contribution is 7.92. The molecule has 0 spiro atoms. The van der Waals surface area contributed by atoms with E-state index in [1.54, 1.807) is 19.1 Å². The number of fused-ring (bicyclic) bond motifs is 1. The first-order chi connectivity index (χ1) is 12.8. The molecule has 2 aromatic carbocycles.